The summed E-state index contributed by atoms with van der Waals surface area (Å²) in [7, 11) is 0. The fraction of sp³-hybridized carbons (Fsp3) is 1.00. The Labute approximate surface area is 51.0 Å². The van der Waals surface area contributed by atoms with Crippen molar-refractivity contribution in [1.29, 1.82) is 0 Å². The molecular formula is C4H11AsO3. The van der Waals surface area contributed by atoms with Gasteiger partial charge in [0.25, 0.3) is 0 Å². The van der Waals surface area contributed by atoms with Crippen molar-refractivity contribution in [1.82, 2.24) is 0 Å². The zero-order valence-electron chi connectivity index (χ0n) is 5.26. The Morgan fingerprint density at radius 1 is 1.25 bits per heavy atom. The van der Waals surface area contributed by atoms with Crippen molar-refractivity contribution in [2.45, 2.75) is 21.9 Å². The Hall–Kier alpha value is 0.438. The van der Waals surface area contributed by atoms with E-state index >= 15 is 0 Å². The number of rotatable bonds is 1. The van der Waals surface area contributed by atoms with Gasteiger partial charge in [-0.1, -0.05) is 0 Å². The zero-order chi connectivity index (χ0) is 6.41. The molecule has 4 heteroatoms. The van der Waals surface area contributed by atoms with Crippen molar-refractivity contribution < 1.29 is 14.9 Å². The van der Waals surface area contributed by atoms with Gasteiger partial charge in [-0.05, 0) is 0 Å². The standard InChI is InChI=1S/C4H11AsO3/c1-5(2,3)4(6)7-8-4/h5-6H,1-3H3. The predicted molar refractivity (Wildman–Crippen MR) is 31.9 cm³/mol. The molecule has 0 radical (unpaired) electrons. The van der Waals surface area contributed by atoms with Crippen molar-refractivity contribution in [3.05, 3.63) is 0 Å². The van der Waals surface area contributed by atoms with Gasteiger partial charge in [0.2, 0.25) is 0 Å². The van der Waals surface area contributed by atoms with Crippen molar-refractivity contribution in [2.24, 2.45) is 0 Å². The maximum absolute atomic E-state index is 9.10. The van der Waals surface area contributed by atoms with Gasteiger partial charge in [0.05, 0.1) is 0 Å². The van der Waals surface area contributed by atoms with E-state index in [-0.39, 0.29) is 0 Å². The first-order valence-electron chi connectivity index (χ1n) is 2.55. The summed E-state index contributed by atoms with van der Waals surface area (Å²) in [6, 6.07) is 0. The molecule has 0 bridgehead atoms. The molecule has 1 N–H and O–H groups in total. The molecule has 0 aromatic carbocycles. The van der Waals surface area contributed by atoms with Gasteiger partial charge in [-0.2, -0.15) is 0 Å². The summed E-state index contributed by atoms with van der Waals surface area (Å²) in [5, 5.41) is 9.10. The van der Waals surface area contributed by atoms with E-state index in [1.54, 1.807) is 0 Å². The maximum atomic E-state index is 9.10. The molecule has 0 aromatic heterocycles. The minimum atomic E-state index is -2.09. The van der Waals surface area contributed by atoms with Crippen LogP contribution in [-0.4, -0.2) is 23.4 Å². The third-order valence-electron chi connectivity index (χ3n) is 1.19. The van der Waals surface area contributed by atoms with Gasteiger partial charge in [-0.15, -0.1) is 0 Å². The van der Waals surface area contributed by atoms with E-state index in [1.807, 2.05) is 17.1 Å². The van der Waals surface area contributed by atoms with Gasteiger partial charge < -0.3 is 0 Å². The summed E-state index contributed by atoms with van der Waals surface area (Å²) >= 11 is -2.09. The van der Waals surface area contributed by atoms with Crippen molar-refractivity contribution >= 4 is 13.6 Å². The van der Waals surface area contributed by atoms with E-state index in [1.165, 1.54) is 0 Å². The summed E-state index contributed by atoms with van der Waals surface area (Å²) in [4.78, 5) is 8.80. The molecule has 1 aliphatic rings. The first-order valence-corrected chi connectivity index (χ1v) is 9.89. The summed E-state index contributed by atoms with van der Waals surface area (Å²) in [6.45, 7) is 0. The molecule has 8 heavy (non-hydrogen) atoms. The molecule has 0 spiro atoms. The van der Waals surface area contributed by atoms with Gasteiger partial charge in [0.1, 0.15) is 0 Å². The molecule has 50 valence electrons. The van der Waals surface area contributed by atoms with Crippen molar-refractivity contribution in [3.8, 4) is 0 Å². The first kappa shape index (κ1) is 6.56. The molecule has 1 saturated heterocycles. The van der Waals surface area contributed by atoms with Crippen LogP contribution in [0.5, 0.6) is 0 Å². The van der Waals surface area contributed by atoms with Crippen LogP contribution in [-0.2, 0) is 9.78 Å². The van der Waals surface area contributed by atoms with Crippen LogP contribution in [0, 0.1) is 0 Å². The van der Waals surface area contributed by atoms with E-state index in [2.05, 4.69) is 9.78 Å². The first-order chi connectivity index (χ1) is 3.46. The third kappa shape index (κ3) is 0.913. The predicted octanol–water partition coefficient (Wildman–Crippen LogP) is 0.204. The second kappa shape index (κ2) is 1.48. The average molecular weight is 182 g/mol. The molecule has 0 unspecified atom stereocenters. The second-order valence-corrected chi connectivity index (χ2v) is 13.8. The van der Waals surface area contributed by atoms with Crippen LogP contribution in [0.2, 0.25) is 17.1 Å². The monoisotopic (exact) mass is 182 g/mol. The Bertz CT molecular complexity index is 99.1. The molecule has 0 atom stereocenters. The molecule has 3 nitrogen and oxygen atoms in total. The summed E-state index contributed by atoms with van der Waals surface area (Å²) in [5.41, 5.74) is 6.06. The van der Waals surface area contributed by atoms with Gasteiger partial charge in [0.15, 0.2) is 0 Å². The van der Waals surface area contributed by atoms with Crippen LogP contribution in [0.3, 0.4) is 0 Å². The molecule has 0 aliphatic carbocycles. The zero-order valence-corrected chi connectivity index (χ0v) is 7.36. The topological polar surface area (TPSA) is 45.3 Å². The fourth-order valence-corrected chi connectivity index (χ4v) is 1.43. The molecule has 0 amide bonds. The van der Waals surface area contributed by atoms with Gasteiger partial charge in [0, 0.05) is 0 Å². The fourth-order valence-electron chi connectivity index (χ4n) is 0.289. The molecule has 1 fully saturated rings. The van der Waals surface area contributed by atoms with Crippen LogP contribution in [0.1, 0.15) is 0 Å². The van der Waals surface area contributed by atoms with Crippen LogP contribution in [0.4, 0.5) is 0 Å². The van der Waals surface area contributed by atoms with Gasteiger partial charge in [-0.25, -0.2) is 0 Å². The molecule has 1 heterocycles. The summed E-state index contributed by atoms with van der Waals surface area (Å²) in [5.74, 6) is 0. The van der Waals surface area contributed by atoms with E-state index in [0.717, 1.165) is 0 Å². The van der Waals surface area contributed by atoms with Crippen molar-refractivity contribution in [2.75, 3.05) is 0 Å². The van der Waals surface area contributed by atoms with Gasteiger partial charge in [-0.3, -0.25) is 0 Å². The third-order valence-corrected chi connectivity index (χ3v) is 5.52. The number of hydrogen-bond acceptors (Lipinski definition) is 3. The minimum absolute atomic E-state index is 1.12. The van der Waals surface area contributed by atoms with Crippen LogP contribution in [0.25, 0.3) is 0 Å². The Morgan fingerprint density at radius 3 is 1.62 bits per heavy atom. The van der Waals surface area contributed by atoms with Crippen molar-refractivity contribution in [3.63, 3.8) is 0 Å². The normalized spacial score (nSPS) is 27.5. The second-order valence-electron chi connectivity index (χ2n) is 3.00. The SMILES string of the molecule is C[AsH](C)(C)C1(O)OO1. The Morgan fingerprint density at radius 2 is 1.62 bits per heavy atom. The Kier molecular flexibility index (Phi) is 1.21. The van der Waals surface area contributed by atoms with E-state index in [0.29, 0.717) is 0 Å². The van der Waals surface area contributed by atoms with Crippen LogP contribution in [0.15, 0.2) is 0 Å². The molecule has 1 aliphatic heterocycles. The van der Waals surface area contributed by atoms with E-state index in [4.69, 9.17) is 5.11 Å². The molecular weight excluding hydrogens is 171 g/mol. The quantitative estimate of drug-likeness (QED) is 0.358. The summed E-state index contributed by atoms with van der Waals surface area (Å²) in [6.07, 6.45) is 0. The Balaban J connectivity index is 2.58. The molecule has 0 saturated carbocycles. The molecule has 1 rings (SSSR count). The molecule has 0 aromatic rings. The van der Waals surface area contributed by atoms with E-state index in [9.17, 15) is 0 Å². The summed E-state index contributed by atoms with van der Waals surface area (Å²) < 4.78 is -1.12. The average Bonchev–Trinajstić information content (AvgIpc) is 2.16. The van der Waals surface area contributed by atoms with Crippen LogP contribution >= 0.6 is 0 Å². The number of hydrogen-bond donors (Lipinski definition) is 1. The van der Waals surface area contributed by atoms with E-state index < -0.39 is 18.3 Å². The van der Waals surface area contributed by atoms with Gasteiger partial charge >= 0.3 is 50.3 Å². The van der Waals surface area contributed by atoms with Crippen LogP contribution < -0.4 is 0 Å². The number of aliphatic hydroxyl groups is 1.